The molecule has 2 aromatic heterocycles. The molecule has 31 heavy (non-hydrogen) atoms. The number of carbonyl (C=O) groups is 2. The van der Waals surface area contributed by atoms with E-state index in [1.54, 1.807) is 27.3 Å². The Morgan fingerprint density at radius 3 is 2.87 bits per heavy atom. The number of hydrogen-bond donors (Lipinski definition) is 0. The lowest BCUT2D eigenvalue weighted by Crippen LogP contribution is -2.43. The van der Waals surface area contributed by atoms with E-state index in [0.717, 1.165) is 35.7 Å². The minimum atomic E-state index is -0.281. The Labute approximate surface area is 186 Å². The van der Waals surface area contributed by atoms with Crippen molar-refractivity contribution in [1.29, 1.82) is 0 Å². The van der Waals surface area contributed by atoms with E-state index < -0.39 is 0 Å². The van der Waals surface area contributed by atoms with Gasteiger partial charge in [0.2, 0.25) is 11.8 Å². The second kappa shape index (κ2) is 10.2. The standard InChI is InChI=1S/C23H28N4O3S/c1-17-25-20(16-31-17)11-26-12-21(30-15-19-9-5-6-10-24-19)13-27(14-22(26)28)23(29)18-7-3-2-4-8-18/h2-3,5-6,9-10,16,18,21H,4,7-8,11-15H2,1H3/t18-,21+/m1/s1. The molecular formula is C23H28N4O3S. The second-order valence-corrected chi connectivity index (χ2v) is 9.15. The van der Waals surface area contributed by atoms with Crippen molar-refractivity contribution < 1.29 is 14.3 Å². The maximum absolute atomic E-state index is 13.2. The van der Waals surface area contributed by atoms with Gasteiger partial charge in [-0.15, -0.1) is 11.3 Å². The lowest BCUT2D eigenvalue weighted by molar-refractivity contribution is -0.141. The van der Waals surface area contributed by atoms with Crippen LogP contribution in [0.1, 0.15) is 35.7 Å². The largest absolute Gasteiger partial charge is 0.368 e. The van der Waals surface area contributed by atoms with E-state index in [1.807, 2.05) is 30.5 Å². The summed E-state index contributed by atoms with van der Waals surface area (Å²) in [7, 11) is 0. The molecule has 4 rings (SSSR count). The van der Waals surface area contributed by atoms with Gasteiger partial charge < -0.3 is 14.5 Å². The van der Waals surface area contributed by atoms with Crippen LogP contribution in [0.15, 0.2) is 41.9 Å². The molecule has 2 aromatic rings. The van der Waals surface area contributed by atoms with Gasteiger partial charge in [0.05, 0.1) is 42.2 Å². The maximum Gasteiger partial charge on any atom is 0.242 e. The summed E-state index contributed by atoms with van der Waals surface area (Å²) in [5.74, 6) is -0.0632. The number of thiazole rings is 1. The molecule has 0 unspecified atom stereocenters. The molecule has 2 amide bonds. The highest BCUT2D eigenvalue weighted by atomic mass is 32.1. The fourth-order valence-corrected chi connectivity index (χ4v) is 4.65. The number of allylic oxidation sites excluding steroid dienone is 2. The average Bonchev–Trinajstić information content (AvgIpc) is 3.14. The molecule has 0 aromatic carbocycles. The fourth-order valence-electron chi connectivity index (χ4n) is 4.04. The highest BCUT2D eigenvalue weighted by Gasteiger charge is 2.34. The minimum Gasteiger partial charge on any atom is -0.368 e. The van der Waals surface area contributed by atoms with E-state index in [9.17, 15) is 9.59 Å². The molecule has 0 bridgehead atoms. The predicted molar refractivity (Wildman–Crippen MR) is 118 cm³/mol. The zero-order chi connectivity index (χ0) is 21.6. The molecule has 164 valence electrons. The van der Waals surface area contributed by atoms with E-state index >= 15 is 0 Å². The first-order valence-corrected chi connectivity index (χ1v) is 11.6. The maximum atomic E-state index is 13.2. The summed E-state index contributed by atoms with van der Waals surface area (Å²) in [6, 6.07) is 5.70. The van der Waals surface area contributed by atoms with Crippen molar-refractivity contribution in [1.82, 2.24) is 19.8 Å². The molecule has 8 heteroatoms. The molecule has 1 aliphatic carbocycles. The highest BCUT2D eigenvalue weighted by molar-refractivity contribution is 7.09. The van der Waals surface area contributed by atoms with Crippen molar-refractivity contribution in [3.63, 3.8) is 0 Å². The molecule has 0 N–H and O–H groups in total. The summed E-state index contributed by atoms with van der Waals surface area (Å²) < 4.78 is 6.16. The molecule has 7 nitrogen and oxygen atoms in total. The third-order valence-electron chi connectivity index (χ3n) is 5.67. The Bertz CT molecular complexity index is 930. The Hall–Kier alpha value is -2.58. The van der Waals surface area contributed by atoms with Gasteiger partial charge in [-0.2, -0.15) is 0 Å². The number of hydrogen-bond acceptors (Lipinski definition) is 6. The Balaban J connectivity index is 1.49. The number of aryl methyl sites for hydroxylation is 1. The third kappa shape index (κ3) is 5.77. The van der Waals surface area contributed by atoms with Crippen LogP contribution in [-0.2, 0) is 27.5 Å². The molecular weight excluding hydrogens is 412 g/mol. The molecule has 1 fully saturated rings. The third-order valence-corrected chi connectivity index (χ3v) is 6.49. The monoisotopic (exact) mass is 440 g/mol. The van der Waals surface area contributed by atoms with Gasteiger partial charge in [0.25, 0.3) is 0 Å². The van der Waals surface area contributed by atoms with Crippen LogP contribution in [0.4, 0.5) is 0 Å². The van der Waals surface area contributed by atoms with Crippen LogP contribution >= 0.6 is 11.3 Å². The van der Waals surface area contributed by atoms with Crippen molar-refractivity contribution in [3.05, 3.63) is 58.3 Å². The summed E-state index contributed by atoms with van der Waals surface area (Å²) >= 11 is 1.57. The molecule has 1 aliphatic heterocycles. The first-order chi connectivity index (χ1) is 15.1. The number of rotatable bonds is 6. The summed E-state index contributed by atoms with van der Waals surface area (Å²) in [6.45, 7) is 3.65. The summed E-state index contributed by atoms with van der Waals surface area (Å²) in [5, 5.41) is 2.96. The predicted octanol–water partition coefficient (Wildman–Crippen LogP) is 2.96. The molecule has 3 heterocycles. The zero-order valence-electron chi connectivity index (χ0n) is 17.8. The van der Waals surface area contributed by atoms with E-state index in [0.29, 0.717) is 26.2 Å². The molecule has 0 radical (unpaired) electrons. The first kappa shape index (κ1) is 21.6. The van der Waals surface area contributed by atoms with E-state index in [1.165, 1.54) is 0 Å². The summed E-state index contributed by atoms with van der Waals surface area (Å²) in [6.07, 6.45) is 8.12. The van der Waals surface area contributed by atoms with Crippen molar-refractivity contribution in [2.75, 3.05) is 19.6 Å². The Morgan fingerprint density at radius 1 is 1.26 bits per heavy atom. The van der Waals surface area contributed by atoms with Crippen molar-refractivity contribution in [3.8, 4) is 0 Å². The zero-order valence-corrected chi connectivity index (χ0v) is 18.6. The molecule has 1 saturated heterocycles. The molecule has 2 aliphatic rings. The van der Waals surface area contributed by atoms with Gasteiger partial charge in [-0.1, -0.05) is 18.2 Å². The van der Waals surface area contributed by atoms with Crippen LogP contribution in [0.25, 0.3) is 0 Å². The van der Waals surface area contributed by atoms with E-state index in [-0.39, 0.29) is 30.4 Å². The van der Waals surface area contributed by atoms with Crippen LogP contribution in [0.2, 0.25) is 0 Å². The first-order valence-electron chi connectivity index (χ1n) is 10.7. The minimum absolute atomic E-state index is 0.0514. The van der Waals surface area contributed by atoms with Crippen LogP contribution in [-0.4, -0.2) is 57.3 Å². The van der Waals surface area contributed by atoms with E-state index in [4.69, 9.17) is 4.74 Å². The number of ether oxygens (including phenoxy) is 1. The molecule has 2 atom stereocenters. The molecule has 0 saturated carbocycles. The normalized spacial score (nSPS) is 21.9. The number of pyridine rings is 1. The Morgan fingerprint density at radius 2 is 2.16 bits per heavy atom. The summed E-state index contributed by atoms with van der Waals surface area (Å²) in [5.41, 5.74) is 1.70. The van der Waals surface area contributed by atoms with Gasteiger partial charge in [0.1, 0.15) is 0 Å². The van der Waals surface area contributed by atoms with Crippen LogP contribution in [0.5, 0.6) is 0 Å². The van der Waals surface area contributed by atoms with Crippen molar-refractivity contribution in [2.24, 2.45) is 5.92 Å². The topological polar surface area (TPSA) is 75.6 Å². The summed E-state index contributed by atoms with van der Waals surface area (Å²) in [4.78, 5) is 38.5. The van der Waals surface area contributed by atoms with Gasteiger partial charge in [-0.3, -0.25) is 14.6 Å². The van der Waals surface area contributed by atoms with Gasteiger partial charge >= 0.3 is 0 Å². The number of aromatic nitrogens is 2. The highest BCUT2D eigenvalue weighted by Crippen LogP contribution is 2.23. The second-order valence-electron chi connectivity index (χ2n) is 8.09. The average molecular weight is 441 g/mol. The molecule has 0 spiro atoms. The van der Waals surface area contributed by atoms with Crippen molar-refractivity contribution in [2.45, 2.75) is 45.4 Å². The lowest BCUT2D eigenvalue weighted by atomic mass is 9.93. The van der Waals surface area contributed by atoms with E-state index in [2.05, 4.69) is 22.1 Å². The van der Waals surface area contributed by atoms with Crippen LogP contribution < -0.4 is 0 Å². The number of carbonyl (C=O) groups excluding carboxylic acids is 2. The van der Waals surface area contributed by atoms with Crippen LogP contribution in [0, 0.1) is 12.8 Å². The SMILES string of the molecule is Cc1nc(CN2C[C@H](OCc3ccccn3)CN(C(=O)[C@@H]3CC=CCC3)CC2=O)cs1. The number of nitrogens with zero attached hydrogens (tertiary/aromatic N) is 4. The quantitative estimate of drug-likeness (QED) is 0.646. The van der Waals surface area contributed by atoms with Gasteiger partial charge in [0, 0.05) is 30.6 Å². The van der Waals surface area contributed by atoms with Gasteiger partial charge in [-0.05, 0) is 38.3 Å². The van der Waals surface area contributed by atoms with Gasteiger partial charge in [0.15, 0.2) is 0 Å². The smallest absolute Gasteiger partial charge is 0.242 e. The fraction of sp³-hybridized carbons (Fsp3) is 0.478. The lowest BCUT2D eigenvalue weighted by Gasteiger charge is -2.28. The Kier molecular flexibility index (Phi) is 7.09. The van der Waals surface area contributed by atoms with Crippen molar-refractivity contribution >= 4 is 23.2 Å². The van der Waals surface area contributed by atoms with Gasteiger partial charge in [-0.25, -0.2) is 4.98 Å². The number of amides is 2. The van der Waals surface area contributed by atoms with Crippen LogP contribution in [0.3, 0.4) is 0 Å².